The second-order valence-corrected chi connectivity index (χ2v) is 7.36. The molecule has 0 bridgehead atoms. The Morgan fingerprint density at radius 2 is 1.96 bits per heavy atom. The molecule has 144 valence electrons. The molecule has 0 unspecified atom stereocenters. The van der Waals surface area contributed by atoms with Crippen molar-refractivity contribution in [3.8, 4) is 11.3 Å². The van der Waals surface area contributed by atoms with Crippen molar-refractivity contribution < 1.29 is 4.79 Å². The summed E-state index contributed by atoms with van der Waals surface area (Å²) in [5, 5.41) is 10.7. The maximum absolute atomic E-state index is 12.6. The van der Waals surface area contributed by atoms with Crippen molar-refractivity contribution in [3.05, 3.63) is 66.2 Å². The number of anilines is 2. The lowest BCUT2D eigenvalue weighted by Crippen LogP contribution is -2.37. The Kier molecular flexibility index (Phi) is 5.02. The first-order valence-electron chi connectivity index (χ1n) is 9.54. The Morgan fingerprint density at radius 3 is 2.75 bits per heavy atom. The molecule has 4 rings (SSSR count). The van der Waals surface area contributed by atoms with Gasteiger partial charge in [-0.3, -0.25) is 9.89 Å². The Labute approximate surface area is 165 Å². The van der Waals surface area contributed by atoms with Crippen molar-refractivity contribution in [2.75, 3.05) is 37.0 Å². The van der Waals surface area contributed by atoms with Crippen molar-refractivity contribution in [1.29, 1.82) is 0 Å². The lowest BCUT2D eigenvalue weighted by Gasteiger charge is -2.17. The van der Waals surface area contributed by atoms with Crippen molar-refractivity contribution in [1.82, 2.24) is 15.5 Å². The van der Waals surface area contributed by atoms with Crippen LogP contribution in [0.5, 0.6) is 0 Å². The maximum Gasteiger partial charge on any atom is 0.251 e. The monoisotopic (exact) mass is 375 g/mol. The molecule has 0 saturated carbocycles. The highest BCUT2D eigenvalue weighted by Crippen LogP contribution is 2.24. The predicted octanol–water partition coefficient (Wildman–Crippen LogP) is 3.15. The van der Waals surface area contributed by atoms with Crippen LogP contribution in [0.25, 0.3) is 11.3 Å². The zero-order valence-electron chi connectivity index (χ0n) is 16.2. The van der Waals surface area contributed by atoms with Gasteiger partial charge >= 0.3 is 0 Å². The molecule has 1 fully saturated rings. The van der Waals surface area contributed by atoms with Gasteiger partial charge in [0.25, 0.3) is 5.91 Å². The van der Waals surface area contributed by atoms with Gasteiger partial charge < -0.3 is 15.1 Å². The highest BCUT2D eigenvalue weighted by Gasteiger charge is 2.26. The average Bonchev–Trinajstić information content (AvgIpc) is 3.38. The molecular formula is C22H25N5O. The van der Waals surface area contributed by atoms with E-state index in [1.54, 1.807) is 0 Å². The van der Waals surface area contributed by atoms with Crippen LogP contribution in [0.3, 0.4) is 0 Å². The van der Waals surface area contributed by atoms with Crippen molar-refractivity contribution >= 4 is 17.4 Å². The first-order valence-corrected chi connectivity index (χ1v) is 9.54. The van der Waals surface area contributed by atoms with Crippen LogP contribution in [-0.4, -0.2) is 49.3 Å². The van der Waals surface area contributed by atoms with E-state index in [1.165, 1.54) is 0 Å². The molecule has 2 aromatic carbocycles. The number of amides is 1. The third-order valence-corrected chi connectivity index (χ3v) is 5.12. The fourth-order valence-electron chi connectivity index (χ4n) is 3.52. The van der Waals surface area contributed by atoms with Crippen LogP contribution in [0, 0.1) is 0 Å². The van der Waals surface area contributed by atoms with E-state index in [2.05, 4.69) is 38.6 Å². The molecule has 0 radical (unpaired) electrons. The van der Waals surface area contributed by atoms with Gasteiger partial charge in [0.2, 0.25) is 0 Å². The molecule has 28 heavy (non-hydrogen) atoms. The zero-order valence-corrected chi connectivity index (χ0v) is 16.2. The van der Waals surface area contributed by atoms with Gasteiger partial charge in [0.15, 0.2) is 5.82 Å². The van der Waals surface area contributed by atoms with Crippen molar-refractivity contribution in [2.24, 2.45) is 0 Å². The van der Waals surface area contributed by atoms with Crippen LogP contribution in [0.4, 0.5) is 11.5 Å². The number of benzene rings is 2. The highest BCUT2D eigenvalue weighted by atomic mass is 16.1. The minimum atomic E-state index is -0.0254. The van der Waals surface area contributed by atoms with Crippen LogP contribution in [0.15, 0.2) is 60.7 Å². The lowest BCUT2D eigenvalue weighted by molar-refractivity contribution is 0.0940. The van der Waals surface area contributed by atoms with Gasteiger partial charge in [0.1, 0.15) is 0 Å². The number of rotatable bonds is 5. The minimum Gasteiger partial charge on any atom is -0.378 e. The first-order chi connectivity index (χ1) is 13.6. The summed E-state index contributed by atoms with van der Waals surface area (Å²) < 4.78 is 0. The minimum absolute atomic E-state index is 0.0254. The molecule has 1 aliphatic rings. The predicted molar refractivity (Wildman–Crippen MR) is 113 cm³/mol. The summed E-state index contributed by atoms with van der Waals surface area (Å²) >= 11 is 0. The van der Waals surface area contributed by atoms with E-state index in [0.29, 0.717) is 5.56 Å². The topological polar surface area (TPSA) is 64.3 Å². The van der Waals surface area contributed by atoms with Gasteiger partial charge in [-0.05, 0) is 30.2 Å². The number of nitrogens with one attached hydrogen (secondary N) is 2. The summed E-state index contributed by atoms with van der Waals surface area (Å²) in [5.74, 6) is 0.896. The van der Waals surface area contributed by atoms with E-state index < -0.39 is 0 Å². The number of nitrogens with zero attached hydrogens (tertiary/aromatic N) is 3. The Balaban J connectivity index is 1.39. The number of aromatic nitrogens is 2. The van der Waals surface area contributed by atoms with E-state index in [4.69, 9.17) is 0 Å². The second-order valence-electron chi connectivity index (χ2n) is 7.36. The van der Waals surface area contributed by atoms with Crippen molar-refractivity contribution in [2.45, 2.75) is 12.5 Å². The molecule has 2 N–H and O–H groups in total. The van der Waals surface area contributed by atoms with E-state index in [-0.39, 0.29) is 11.9 Å². The molecule has 1 atom stereocenters. The second kappa shape index (κ2) is 7.76. The summed E-state index contributed by atoms with van der Waals surface area (Å²) in [7, 11) is 3.94. The SMILES string of the molecule is CN(C)c1cccc(C(=O)N[C@@H]2CCN(c3cc(-c4ccccc4)[nH]n3)C2)c1. The molecule has 6 nitrogen and oxygen atoms in total. The summed E-state index contributed by atoms with van der Waals surface area (Å²) in [5.41, 5.74) is 3.83. The van der Waals surface area contributed by atoms with Gasteiger partial charge in [-0.25, -0.2) is 0 Å². The van der Waals surface area contributed by atoms with E-state index >= 15 is 0 Å². The molecule has 2 heterocycles. The number of hydrogen-bond acceptors (Lipinski definition) is 4. The number of carbonyl (C=O) groups excluding carboxylic acids is 1. The number of carbonyl (C=O) groups is 1. The van der Waals surface area contributed by atoms with Crippen LogP contribution >= 0.6 is 0 Å². The quantitative estimate of drug-likeness (QED) is 0.719. The molecule has 1 aliphatic heterocycles. The molecule has 6 heteroatoms. The van der Waals surface area contributed by atoms with Gasteiger partial charge in [-0.1, -0.05) is 36.4 Å². The van der Waals surface area contributed by atoms with Crippen molar-refractivity contribution in [3.63, 3.8) is 0 Å². The zero-order chi connectivity index (χ0) is 19.5. The summed E-state index contributed by atoms with van der Waals surface area (Å²) in [6.45, 7) is 1.64. The summed E-state index contributed by atoms with van der Waals surface area (Å²) in [6, 6.07) is 20.0. The maximum atomic E-state index is 12.6. The Morgan fingerprint density at radius 1 is 1.14 bits per heavy atom. The van der Waals surface area contributed by atoms with Gasteiger partial charge in [-0.15, -0.1) is 0 Å². The van der Waals surface area contributed by atoms with Crippen LogP contribution in [0.2, 0.25) is 0 Å². The van der Waals surface area contributed by atoms with Gasteiger partial charge in [0, 0.05) is 50.5 Å². The largest absolute Gasteiger partial charge is 0.378 e. The lowest BCUT2D eigenvalue weighted by atomic mass is 10.1. The van der Waals surface area contributed by atoms with Gasteiger partial charge in [0.05, 0.1) is 5.69 Å². The molecule has 3 aromatic rings. The van der Waals surface area contributed by atoms with E-state index in [1.807, 2.05) is 61.5 Å². The normalized spacial score (nSPS) is 16.2. The number of aromatic amines is 1. The molecule has 0 aliphatic carbocycles. The number of H-pyrrole nitrogens is 1. The molecule has 1 amide bonds. The molecular weight excluding hydrogens is 350 g/mol. The third-order valence-electron chi connectivity index (χ3n) is 5.12. The van der Waals surface area contributed by atoms with Gasteiger partial charge in [-0.2, -0.15) is 5.10 Å². The van der Waals surface area contributed by atoms with E-state index in [9.17, 15) is 4.79 Å². The first kappa shape index (κ1) is 18.1. The molecule has 1 aromatic heterocycles. The average molecular weight is 375 g/mol. The molecule has 1 saturated heterocycles. The summed E-state index contributed by atoms with van der Waals surface area (Å²) in [6.07, 6.45) is 0.909. The molecule has 0 spiro atoms. The van der Waals surface area contributed by atoms with Crippen LogP contribution < -0.4 is 15.1 Å². The standard InChI is InChI=1S/C22H25N5O/c1-26(2)19-10-6-9-17(13-19)22(28)23-18-11-12-27(15-18)21-14-20(24-25-21)16-7-4-3-5-8-16/h3-10,13-14,18H,11-12,15H2,1-2H3,(H,23,28)(H,24,25)/t18-/m1/s1. The Bertz CT molecular complexity index is 950. The smallest absolute Gasteiger partial charge is 0.251 e. The fourth-order valence-corrected chi connectivity index (χ4v) is 3.52. The fraction of sp³-hybridized carbons (Fsp3) is 0.273. The number of hydrogen-bond donors (Lipinski definition) is 2. The van der Waals surface area contributed by atoms with Crippen LogP contribution in [-0.2, 0) is 0 Å². The van der Waals surface area contributed by atoms with Crippen LogP contribution in [0.1, 0.15) is 16.8 Å². The Hall–Kier alpha value is -3.28. The highest BCUT2D eigenvalue weighted by molar-refractivity contribution is 5.95. The summed E-state index contributed by atoms with van der Waals surface area (Å²) in [4.78, 5) is 16.8. The third kappa shape index (κ3) is 3.86. The van der Waals surface area contributed by atoms with E-state index in [0.717, 1.165) is 42.3 Å².